The zero-order valence-corrected chi connectivity index (χ0v) is 11.2. The number of terminal acetylenes is 1. The molecule has 0 bridgehead atoms. The van der Waals surface area contributed by atoms with Gasteiger partial charge >= 0.3 is 0 Å². The van der Waals surface area contributed by atoms with Crippen LogP contribution in [0.3, 0.4) is 0 Å². The average molecular weight is 247 g/mol. The Balaban J connectivity index is 2.67. The molecule has 0 heterocycles. The molecule has 98 valence electrons. The minimum Gasteiger partial charge on any atom is -0.497 e. The highest BCUT2D eigenvalue weighted by Gasteiger charge is 2.05. The summed E-state index contributed by atoms with van der Waals surface area (Å²) in [6.07, 6.45) is 6.83. The monoisotopic (exact) mass is 247 g/mol. The molecule has 0 aliphatic rings. The van der Waals surface area contributed by atoms with Crippen LogP contribution in [0.4, 0.5) is 0 Å². The Morgan fingerprint density at radius 2 is 2.22 bits per heavy atom. The number of nitrogens with one attached hydrogen (secondary N) is 1. The Labute approximate surface area is 109 Å². The second kappa shape index (κ2) is 8.43. The van der Waals surface area contributed by atoms with E-state index in [0.717, 1.165) is 43.0 Å². The Morgan fingerprint density at radius 1 is 1.39 bits per heavy atom. The van der Waals surface area contributed by atoms with Crippen molar-refractivity contribution in [3.8, 4) is 23.8 Å². The summed E-state index contributed by atoms with van der Waals surface area (Å²) in [5.41, 5.74) is 1.14. The molecular weight excluding hydrogens is 226 g/mol. The molecule has 3 nitrogen and oxygen atoms in total. The van der Waals surface area contributed by atoms with E-state index >= 15 is 0 Å². The van der Waals surface area contributed by atoms with Crippen molar-refractivity contribution in [2.24, 2.45) is 0 Å². The Morgan fingerprint density at radius 3 is 2.89 bits per heavy atom. The molecule has 0 atom stereocenters. The highest BCUT2D eigenvalue weighted by atomic mass is 16.5. The molecule has 3 heteroatoms. The predicted octanol–water partition coefficient (Wildman–Crippen LogP) is 2.60. The van der Waals surface area contributed by atoms with E-state index < -0.39 is 0 Å². The van der Waals surface area contributed by atoms with Gasteiger partial charge in [0.1, 0.15) is 11.5 Å². The number of methoxy groups -OCH3 is 1. The minimum absolute atomic E-state index is 0.635. The van der Waals surface area contributed by atoms with Gasteiger partial charge in [0, 0.05) is 24.6 Å². The van der Waals surface area contributed by atoms with Crippen molar-refractivity contribution in [2.45, 2.75) is 26.3 Å². The van der Waals surface area contributed by atoms with Crippen LogP contribution in [0.25, 0.3) is 0 Å². The van der Waals surface area contributed by atoms with Crippen LogP contribution >= 0.6 is 0 Å². The molecule has 0 spiro atoms. The van der Waals surface area contributed by atoms with Crippen molar-refractivity contribution < 1.29 is 9.47 Å². The van der Waals surface area contributed by atoms with E-state index in [1.807, 2.05) is 18.2 Å². The third kappa shape index (κ3) is 4.68. The van der Waals surface area contributed by atoms with Gasteiger partial charge in [-0.2, -0.15) is 0 Å². The predicted molar refractivity (Wildman–Crippen MR) is 73.9 cm³/mol. The third-order valence-corrected chi connectivity index (χ3v) is 2.56. The lowest BCUT2D eigenvalue weighted by atomic mass is 10.2. The number of ether oxygens (including phenoxy) is 2. The molecule has 0 amide bonds. The van der Waals surface area contributed by atoms with Crippen molar-refractivity contribution in [2.75, 3.05) is 20.3 Å². The summed E-state index contributed by atoms with van der Waals surface area (Å²) in [6, 6.07) is 5.89. The third-order valence-electron chi connectivity index (χ3n) is 2.56. The molecule has 1 N–H and O–H groups in total. The number of hydrogen-bond acceptors (Lipinski definition) is 3. The van der Waals surface area contributed by atoms with Gasteiger partial charge in [0.25, 0.3) is 0 Å². The normalized spacial score (nSPS) is 9.83. The first-order valence-electron chi connectivity index (χ1n) is 6.25. The van der Waals surface area contributed by atoms with Gasteiger partial charge < -0.3 is 14.8 Å². The number of rotatable bonds is 8. The standard InChI is InChI=1S/C15H21NO2/c1-4-6-7-10-18-15-11-14(17-3)9-8-13(15)12-16-5-2/h1,8-9,11,16H,5-7,10,12H2,2-3H3. The number of hydrogen-bond donors (Lipinski definition) is 1. The molecule has 0 aliphatic heterocycles. The summed E-state index contributed by atoms with van der Waals surface area (Å²) < 4.78 is 11.0. The summed E-state index contributed by atoms with van der Waals surface area (Å²) in [5, 5.41) is 3.29. The molecule has 0 unspecified atom stereocenters. The molecule has 0 saturated carbocycles. The molecule has 1 aromatic rings. The maximum Gasteiger partial charge on any atom is 0.127 e. The lowest BCUT2D eigenvalue weighted by Gasteiger charge is -2.13. The topological polar surface area (TPSA) is 30.5 Å². The largest absolute Gasteiger partial charge is 0.497 e. The van der Waals surface area contributed by atoms with E-state index in [9.17, 15) is 0 Å². The van der Waals surface area contributed by atoms with Crippen LogP contribution in [0.1, 0.15) is 25.3 Å². The maximum absolute atomic E-state index is 5.76. The van der Waals surface area contributed by atoms with Gasteiger partial charge in [0.15, 0.2) is 0 Å². The van der Waals surface area contributed by atoms with E-state index in [0.29, 0.717) is 6.61 Å². The average Bonchev–Trinajstić information content (AvgIpc) is 2.42. The van der Waals surface area contributed by atoms with Gasteiger partial charge in [0.05, 0.1) is 13.7 Å². The zero-order valence-electron chi connectivity index (χ0n) is 11.2. The molecular formula is C15H21NO2. The van der Waals surface area contributed by atoms with Gasteiger partial charge in [-0.05, 0) is 19.0 Å². The first kappa shape index (κ1) is 14.4. The molecule has 0 saturated heterocycles. The van der Waals surface area contributed by atoms with Crippen LogP contribution in [-0.2, 0) is 6.54 Å². The Bertz CT molecular complexity index is 396. The molecule has 0 aromatic heterocycles. The van der Waals surface area contributed by atoms with Crippen molar-refractivity contribution in [3.63, 3.8) is 0 Å². The lowest BCUT2D eigenvalue weighted by Crippen LogP contribution is -2.13. The van der Waals surface area contributed by atoms with Crippen LogP contribution in [0.2, 0.25) is 0 Å². The fraction of sp³-hybridized carbons (Fsp3) is 0.467. The summed E-state index contributed by atoms with van der Waals surface area (Å²) in [5.74, 6) is 4.28. The Kier molecular flexibility index (Phi) is 6.75. The van der Waals surface area contributed by atoms with Gasteiger partial charge in [-0.25, -0.2) is 0 Å². The van der Waals surface area contributed by atoms with E-state index in [-0.39, 0.29) is 0 Å². The van der Waals surface area contributed by atoms with E-state index in [4.69, 9.17) is 15.9 Å². The summed E-state index contributed by atoms with van der Waals surface area (Å²) in [4.78, 5) is 0. The quantitative estimate of drug-likeness (QED) is 0.566. The molecule has 18 heavy (non-hydrogen) atoms. The highest BCUT2D eigenvalue weighted by molar-refractivity contribution is 5.40. The van der Waals surface area contributed by atoms with E-state index in [1.165, 1.54) is 0 Å². The minimum atomic E-state index is 0.635. The fourth-order valence-corrected chi connectivity index (χ4v) is 1.56. The summed E-state index contributed by atoms with van der Waals surface area (Å²) >= 11 is 0. The Hall–Kier alpha value is -1.66. The number of benzene rings is 1. The SMILES string of the molecule is C#CCCCOc1cc(OC)ccc1CNCC. The van der Waals surface area contributed by atoms with E-state index in [2.05, 4.69) is 18.2 Å². The van der Waals surface area contributed by atoms with Crippen molar-refractivity contribution in [1.82, 2.24) is 5.32 Å². The van der Waals surface area contributed by atoms with Crippen LogP contribution < -0.4 is 14.8 Å². The van der Waals surface area contributed by atoms with Gasteiger partial charge in [-0.1, -0.05) is 13.0 Å². The van der Waals surface area contributed by atoms with Crippen LogP contribution in [-0.4, -0.2) is 20.3 Å². The smallest absolute Gasteiger partial charge is 0.127 e. The van der Waals surface area contributed by atoms with Gasteiger partial charge in [-0.15, -0.1) is 12.3 Å². The van der Waals surface area contributed by atoms with Crippen molar-refractivity contribution in [1.29, 1.82) is 0 Å². The van der Waals surface area contributed by atoms with Gasteiger partial charge in [-0.3, -0.25) is 0 Å². The van der Waals surface area contributed by atoms with Gasteiger partial charge in [0.2, 0.25) is 0 Å². The molecule has 0 fully saturated rings. The maximum atomic E-state index is 5.76. The molecule has 1 rings (SSSR count). The highest BCUT2D eigenvalue weighted by Crippen LogP contribution is 2.25. The molecule has 0 radical (unpaired) electrons. The fourth-order valence-electron chi connectivity index (χ4n) is 1.56. The number of unbranched alkanes of at least 4 members (excludes halogenated alkanes) is 1. The zero-order chi connectivity index (χ0) is 13.2. The second-order valence-corrected chi connectivity index (χ2v) is 3.91. The molecule has 1 aromatic carbocycles. The lowest BCUT2D eigenvalue weighted by molar-refractivity contribution is 0.306. The van der Waals surface area contributed by atoms with E-state index in [1.54, 1.807) is 7.11 Å². The summed E-state index contributed by atoms with van der Waals surface area (Å²) in [6.45, 7) is 4.45. The summed E-state index contributed by atoms with van der Waals surface area (Å²) in [7, 11) is 1.65. The first-order valence-corrected chi connectivity index (χ1v) is 6.25. The van der Waals surface area contributed by atoms with Crippen LogP contribution in [0.15, 0.2) is 18.2 Å². The van der Waals surface area contributed by atoms with Crippen LogP contribution in [0.5, 0.6) is 11.5 Å². The molecule has 0 aliphatic carbocycles. The first-order chi connectivity index (χ1) is 8.81. The van der Waals surface area contributed by atoms with Crippen molar-refractivity contribution >= 4 is 0 Å². The second-order valence-electron chi connectivity index (χ2n) is 3.91. The van der Waals surface area contributed by atoms with Crippen molar-refractivity contribution in [3.05, 3.63) is 23.8 Å². The van der Waals surface area contributed by atoms with Crippen LogP contribution in [0, 0.1) is 12.3 Å².